The fraction of sp³-hybridized carbons (Fsp3) is 0.364. The van der Waals surface area contributed by atoms with Gasteiger partial charge < -0.3 is 5.32 Å². The molecule has 0 aliphatic heterocycles. The topological polar surface area (TPSA) is 87.8 Å². The molecule has 0 saturated heterocycles. The minimum atomic E-state index is -0.951. The van der Waals surface area contributed by atoms with E-state index in [2.05, 4.69) is 16.4 Å². The molecule has 2 atom stereocenters. The number of nitrogens with zero attached hydrogens (tertiary/aromatic N) is 3. The highest BCUT2D eigenvalue weighted by Gasteiger charge is 2.32. The van der Waals surface area contributed by atoms with Gasteiger partial charge in [0.05, 0.1) is 22.2 Å². The molecule has 0 fully saturated rings. The number of fused-ring (bicyclic) bond motifs is 2. The summed E-state index contributed by atoms with van der Waals surface area (Å²) < 4.78 is 1.47. The van der Waals surface area contributed by atoms with Crippen molar-refractivity contribution in [2.45, 2.75) is 43.6 Å². The van der Waals surface area contributed by atoms with E-state index in [9.17, 15) is 14.9 Å². The fourth-order valence-electron chi connectivity index (χ4n) is 2.91. The predicted octanol–water partition coefficient (Wildman–Crippen LogP) is 3.62. The zero-order chi connectivity index (χ0) is 21.3. The Morgan fingerprint density at radius 3 is 2.45 bits per heavy atom. The van der Waals surface area contributed by atoms with E-state index in [0.29, 0.717) is 16.1 Å². The van der Waals surface area contributed by atoms with Crippen molar-refractivity contribution in [2.75, 3.05) is 0 Å². The normalized spacial score (nSPS) is 14.5. The second kappa shape index (κ2) is 7.88. The summed E-state index contributed by atoms with van der Waals surface area (Å²) in [5.74, 6) is -0.300. The Hall–Kier alpha value is -2.85. The molecule has 0 unspecified atom stereocenters. The van der Waals surface area contributed by atoms with E-state index in [-0.39, 0.29) is 17.4 Å². The lowest BCUT2D eigenvalue weighted by atomic mass is 9.90. The second-order valence-corrected chi connectivity index (χ2v) is 9.00. The molecule has 0 radical (unpaired) electrons. The van der Waals surface area contributed by atoms with Gasteiger partial charge in [0.2, 0.25) is 5.91 Å². The standard InChI is InChI=1S/C22H24N4O2S/c1-13(2)22(4,12-23)25-19(27)14(3)29-21-24-18-11-16-9-7-6-8-15(16)10-17(18)20(28)26(21)5/h6-11,13-14H,1-5H3,(H,25,27)/t14-,22+/m0/s1. The highest BCUT2D eigenvalue weighted by molar-refractivity contribution is 8.00. The van der Waals surface area contributed by atoms with Crippen LogP contribution < -0.4 is 10.9 Å². The lowest BCUT2D eigenvalue weighted by molar-refractivity contribution is -0.121. The molecule has 29 heavy (non-hydrogen) atoms. The van der Waals surface area contributed by atoms with E-state index >= 15 is 0 Å². The highest BCUT2D eigenvalue weighted by atomic mass is 32.2. The van der Waals surface area contributed by atoms with Crippen LogP contribution in [-0.4, -0.2) is 26.2 Å². The van der Waals surface area contributed by atoms with Crippen molar-refractivity contribution >= 4 is 39.3 Å². The number of amides is 1. The van der Waals surface area contributed by atoms with E-state index in [0.717, 1.165) is 10.8 Å². The van der Waals surface area contributed by atoms with Gasteiger partial charge in [0.25, 0.3) is 5.56 Å². The molecule has 1 N–H and O–H groups in total. The third-order valence-corrected chi connectivity index (χ3v) is 6.47. The van der Waals surface area contributed by atoms with Crippen molar-refractivity contribution in [3.63, 3.8) is 0 Å². The minimum absolute atomic E-state index is 0.0370. The number of thioether (sulfide) groups is 1. The lowest BCUT2D eigenvalue weighted by Gasteiger charge is -2.28. The SMILES string of the molecule is CC(C)[C@@](C)(C#N)NC(=O)[C@H](C)Sc1nc2cc3ccccc3cc2c(=O)n1C. The Bertz CT molecular complexity index is 1200. The molecule has 7 heteroatoms. The highest BCUT2D eigenvalue weighted by Crippen LogP contribution is 2.25. The monoisotopic (exact) mass is 408 g/mol. The summed E-state index contributed by atoms with van der Waals surface area (Å²) in [5, 5.41) is 14.7. The number of nitrogens with one attached hydrogen (secondary N) is 1. The maximum absolute atomic E-state index is 12.9. The summed E-state index contributed by atoms with van der Waals surface area (Å²) in [4.78, 5) is 30.2. The second-order valence-electron chi connectivity index (χ2n) is 7.69. The average molecular weight is 409 g/mol. The van der Waals surface area contributed by atoms with Crippen molar-refractivity contribution in [3.8, 4) is 6.07 Å². The maximum atomic E-state index is 12.9. The largest absolute Gasteiger partial charge is 0.337 e. The third kappa shape index (κ3) is 3.99. The van der Waals surface area contributed by atoms with Gasteiger partial charge in [-0.25, -0.2) is 4.98 Å². The molecule has 0 saturated carbocycles. The number of benzene rings is 2. The maximum Gasteiger partial charge on any atom is 0.261 e. The molecule has 2 aromatic carbocycles. The first-order valence-corrected chi connectivity index (χ1v) is 10.3. The average Bonchev–Trinajstić information content (AvgIpc) is 2.70. The van der Waals surface area contributed by atoms with E-state index in [1.54, 1.807) is 20.9 Å². The van der Waals surface area contributed by atoms with Gasteiger partial charge in [0.15, 0.2) is 5.16 Å². The molecule has 0 aliphatic rings. The number of carbonyl (C=O) groups is 1. The first-order chi connectivity index (χ1) is 13.7. The van der Waals surface area contributed by atoms with Gasteiger partial charge in [-0.05, 0) is 42.7 Å². The van der Waals surface area contributed by atoms with Crippen molar-refractivity contribution in [1.29, 1.82) is 5.26 Å². The minimum Gasteiger partial charge on any atom is -0.337 e. The zero-order valence-electron chi connectivity index (χ0n) is 17.2. The quantitative estimate of drug-likeness (QED) is 0.396. The van der Waals surface area contributed by atoms with Crippen LogP contribution in [0.2, 0.25) is 0 Å². The van der Waals surface area contributed by atoms with Gasteiger partial charge >= 0.3 is 0 Å². The smallest absolute Gasteiger partial charge is 0.261 e. The molecule has 150 valence electrons. The van der Waals surface area contributed by atoms with Crippen LogP contribution in [0, 0.1) is 17.2 Å². The van der Waals surface area contributed by atoms with Crippen LogP contribution in [0.4, 0.5) is 0 Å². The Morgan fingerprint density at radius 1 is 1.24 bits per heavy atom. The lowest BCUT2D eigenvalue weighted by Crippen LogP contribution is -2.51. The molecule has 0 bridgehead atoms. The molecule has 1 aromatic heterocycles. The van der Waals surface area contributed by atoms with Gasteiger partial charge in [0, 0.05) is 7.05 Å². The van der Waals surface area contributed by atoms with Crippen molar-refractivity contribution in [3.05, 3.63) is 46.8 Å². The van der Waals surface area contributed by atoms with Gasteiger partial charge in [-0.2, -0.15) is 5.26 Å². The summed E-state index contributed by atoms with van der Waals surface area (Å²) in [6.45, 7) is 7.23. The van der Waals surface area contributed by atoms with E-state index in [4.69, 9.17) is 0 Å². The Morgan fingerprint density at radius 2 is 1.86 bits per heavy atom. The first kappa shape index (κ1) is 20.9. The Labute approximate surface area is 173 Å². The number of hydrogen-bond acceptors (Lipinski definition) is 5. The summed E-state index contributed by atoms with van der Waals surface area (Å²) in [5.41, 5.74) is -0.501. The van der Waals surface area contributed by atoms with Crippen LogP contribution in [0.25, 0.3) is 21.7 Å². The number of carbonyl (C=O) groups excluding carboxylic acids is 1. The number of rotatable bonds is 5. The van der Waals surface area contributed by atoms with Crippen LogP contribution in [0.1, 0.15) is 27.7 Å². The Balaban J connectivity index is 1.94. The molecule has 3 aromatic rings. The first-order valence-electron chi connectivity index (χ1n) is 9.45. The fourth-order valence-corrected chi connectivity index (χ4v) is 3.79. The van der Waals surface area contributed by atoms with E-state index in [1.807, 2.05) is 50.2 Å². The van der Waals surface area contributed by atoms with Crippen LogP contribution in [0.5, 0.6) is 0 Å². The van der Waals surface area contributed by atoms with Gasteiger partial charge in [0.1, 0.15) is 5.54 Å². The number of hydrogen-bond donors (Lipinski definition) is 1. The van der Waals surface area contributed by atoms with E-state index < -0.39 is 10.8 Å². The van der Waals surface area contributed by atoms with Crippen LogP contribution >= 0.6 is 11.8 Å². The predicted molar refractivity (Wildman–Crippen MR) is 117 cm³/mol. The molecule has 1 heterocycles. The van der Waals surface area contributed by atoms with Crippen LogP contribution in [-0.2, 0) is 11.8 Å². The van der Waals surface area contributed by atoms with Crippen LogP contribution in [0.3, 0.4) is 0 Å². The van der Waals surface area contributed by atoms with Gasteiger partial charge in [-0.3, -0.25) is 14.2 Å². The van der Waals surface area contributed by atoms with Gasteiger partial charge in [-0.1, -0.05) is 49.9 Å². The summed E-state index contributed by atoms with van der Waals surface area (Å²) >= 11 is 1.21. The Kier molecular flexibility index (Phi) is 5.67. The molecule has 6 nitrogen and oxygen atoms in total. The van der Waals surface area contributed by atoms with Gasteiger partial charge in [-0.15, -0.1) is 0 Å². The summed E-state index contributed by atoms with van der Waals surface area (Å²) in [6, 6.07) is 13.7. The summed E-state index contributed by atoms with van der Waals surface area (Å²) in [6.07, 6.45) is 0. The summed E-state index contributed by atoms with van der Waals surface area (Å²) in [7, 11) is 1.66. The molecular weight excluding hydrogens is 384 g/mol. The molecule has 0 aliphatic carbocycles. The van der Waals surface area contributed by atoms with Crippen molar-refractivity contribution in [1.82, 2.24) is 14.9 Å². The number of aromatic nitrogens is 2. The van der Waals surface area contributed by atoms with E-state index in [1.165, 1.54) is 16.3 Å². The molecule has 0 spiro atoms. The number of nitriles is 1. The third-order valence-electron chi connectivity index (χ3n) is 5.32. The van der Waals surface area contributed by atoms with Crippen LogP contribution in [0.15, 0.2) is 46.3 Å². The molecule has 1 amide bonds. The molecule has 3 rings (SSSR count). The molecular formula is C22H24N4O2S. The van der Waals surface area contributed by atoms with Crippen molar-refractivity contribution in [2.24, 2.45) is 13.0 Å². The van der Waals surface area contributed by atoms with Crippen molar-refractivity contribution < 1.29 is 4.79 Å². The zero-order valence-corrected chi connectivity index (χ0v) is 18.0.